The van der Waals surface area contributed by atoms with Gasteiger partial charge < -0.3 is 10.4 Å². The Bertz CT molecular complexity index is 770. The number of carbonyl (C=O) groups excluding carboxylic acids is 1. The fourth-order valence-electron chi connectivity index (χ4n) is 1.92. The number of nitrogens with one attached hydrogen (secondary N) is 1. The van der Waals surface area contributed by atoms with Crippen LogP contribution in [0.5, 0.6) is 0 Å². The minimum atomic E-state index is -1.22. The Hall–Kier alpha value is -3.22. The highest BCUT2D eigenvalue weighted by Crippen LogP contribution is 2.23. The van der Waals surface area contributed by atoms with Crippen LogP contribution in [0.25, 0.3) is 0 Å². The zero-order chi connectivity index (χ0) is 16.3. The van der Waals surface area contributed by atoms with Gasteiger partial charge in [0.1, 0.15) is 0 Å². The molecule has 0 spiro atoms. The Kier molecular flexibility index (Phi) is 4.17. The van der Waals surface area contributed by atoms with Crippen LogP contribution in [0.2, 0.25) is 0 Å². The predicted molar refractivity (Wildman–Crippen MR) is 79.2 cm³/mol. The van der Waals surface area contributed by atoms with Gasteiger partial charge >= 0.3 is 5.97 Å². The van der Waals surface area contributed by atoms with E-state index < -0.39 is 16.8 Å². The van der Waals surface area contributed by atoms with E-state index in [9.17, 15) is 19.7 Å². The summed E-state index contributed by atoms with van der Waals surface area (Å²) < 4.78 is 0. The highest BCUT2D eigenvalue weighted by atomic mass is 16.6. The first-order valence-electron chi connectivity index (χ1n) is 6.29. The van der Waals surface area contributed by atoms with E-state index in [1.807, 2.05) is 0 Å². The van der Waals surface area contributed by atoms with E-state index in [2.05, 4.69) is 5.32 Å². The molecule has 0 saturated carbocycles. The van der Waals surface area contributed by atoms with Crippen molar-refractivity contribution in [3.63, 3.8) is 0 Å². The van der Waals surface area contributed by atoms with Gasteiger partial charge in [0, 0.05) is 12.1 Å². The minimum Gasteiger partial charge on any atom is -0.478 e. The fourth-order valence-corrected chi connectivity index (χ4v) is 1.92. The number of hydrogen-bond donors (Lipinski definition) is 2. The summed E-state index contributed by atoms with van der Waals surface area (Å²) in [7, 11) is 0. The minimum absolute atomic E-state index is 0.0130. The van der Waals surface area contributed by atoms with Gasteiger partial charge in [0.05, 0.1) is 21.7 Å². The number of nitro groups is 1. The summed E-state index contributed by atoms with van der Waals surface area (Å²) in [5.41, 5.74) is 0.586. The number of amides is 1. The molecule has 0 aromatic heterocycles. The lowest BCUT2D eigenvalue weighted by Gasteiger charge is -2.10. The third-order valence-corrected chi connectivity index (χ3v) is 3.08. The van der Waals surface area contributed by atoms with Crippen molar-refractivity contribution >= 4 is 23.3 Å². The van der Waals surface area contributed by atoms with Crippen LogP contribution in [0.3, 0.4) is 0 Å². The van der Waals surface area contributed by atoms with Crippen LogP contribution in [0, 0.1) is 17.0 Å². The maximum absolute atomic E-state index is 12.2. The summed E-state index contributed by atoms with van der Waals surface area (Å²) in [6, 6.07) is 9.83. The van der Waals surface area contributed by atoms with Gasteiger partial charge in [-0.1, -0.05) is 18.2 Å². The fraction of sp³-hybridized carbons (Fsp3) is 0.0667. The molecule has 0 radical (unpaired) electrons. The van der Waals surface area contributed by atoms with Crippen molar-refractivity contribution in [2.24, 2.45) is 0 Å². The smallest absolute Gasteiger partial charge is 0.336 e. The Morgan fingerprint density at radius 2 is 1.77 bits per heavy atom. The SMILES string of the molecule is Cc1ccc([N+](=O)[O-])cc1NC(=O)c1ccccc1C(=O)O. The molecule has 0 bridgehead atoms. The number of nitrogens with zero attached hydrogens (tertiary/aromatic N) is 1. The molecule has 0 saturated heterocycles. The molecule has 1 amide bonds. The molecule has 7 nitrogen and oxygen atoms in total. The normalized spacial score (nSPS) is 10.0. The van der Waals surface area contributed by atoms with E-state index in [0.717, 1.165) is 0 Å². The van der Waals surface area contributed by atoms with Gasteiger partial charge in [-0.25, -0.2) is 4.79 Å². The molecule has 112 valence electrons. The Morgan fingerprint density at radius 1 is 1.14 bits per heavy atom. The maximum Gasteiger partial charge on any atom is 0.336 e. The Labute approximate surface area is 125 Å². The lowest BCUT2D eigenvalue weighted by molar-refractivity contribution is -0.384. The number of carboxylic acid groups (broad SMARTS) is 1. The number of anilines is 1. The molecular weight excluding hydrogens is 288 g/mol. The highest BCUT2D eigenvalue weighted by molar-refractivity contribution is 6.10. The molecule has 0 aliphatic rings. The summed E-state index contributed by atoms with van der Waals surface area (Å²) in [5, 5.41) is 22.4. The Balaban J connectivity index is 2.36. The quantitative estimate of drug-likeness (QED) is 0.666. The largest absolute Gasteiger partial charge is 0.478 e. The summed E-state index contributed by atoms with van der Waals surface area (Å²) in [4.78, 5) is 33.6. The number of non-ortho nitro benzene ring substituents is 1. The van der Waals surface area contributed by atoms with Crippen molar-refractivity contribution in [3.05, 3.63) is 69.3 Å². The molecule has 22 heavy (non-hydrogen) atoms. The van der Waals surface area contributed by atoms with E-state index in [1.165, 1.54) is 36.4 Å². The molecule has 0 heterocycles. The lowest BCUT2D eigenvalue weighted by atomic mass is 10.1. The van der Waals surface area contributed by atoms with Gasteiger partial charge in [-0.3, -0.25) is 14.9 Å². The zero-order valence-electron chi connectivity index (χ0n) is 11.6. The van der Waals surface area contributed by atoms with Crippen LogP contribution in [-0.2, 0) is 0 Å². The molecule has 0 unspecified atom stereocenters. The van der Waals surface area contributed by atoms with Crippen LogP contribution >= 0.6 is 0 Å². The second-order valence-corrected chi connectivity index (χ2v) is 4.56. The van der Waals surface area contributed by atoms with Crippen LogP contribution in [-0.4, -0.2) is 21.9 Å². The second-order valence-electron chi connectivity index (χ2n) is 4.56. The standard InChI is InChI=1S/C15H12N2O5/c1-9-6-7-10(17(21)22)8-13(9)16-14(18)11-4-2-3-5-12(11)15(19)20/h2-8H,1H3,(H,16,18)(H,19,20). The van der Waals surface area contributed by atoms with Crippen molar-refractivity contribution < 1.29 is 19.6 Å². The summed E-state index contributed by atoms with van der Waals surface area (Å²) >= 11 is 0. The average Bonchev–Trinajstić information content (AvgIpc) is 2.49. The molecule has 0 fully saturated rings. The zero-order valence-corrected chi connectivity index (χ0v) is 11.6. The van der Waals surface area contributed by atoms with Crippen molar-refractivity contribution in [3.8, 4) is 0 Å². The highest BCUT2D eigenvalue weighted by Gasteiger charge is 2.17. The lowest BCUT2D eigenvalue weighted by Crippen LogP contribution is -2.17. The van der Waals surface area contributed by atoms with Crippen LogP contribution in [0.4, 0.5) is 11.4 Å². The molecule has 2 aromatic rings. The number of nitro benzene ring substituents is 1. The van der Waals surface area contributed by atoms with E-state index >= 15 is 0 Å². The number of rotatable bonds is 4. The predicted octanol–water partition coefficient (Wildman–Crippen LogP) is 2.85. The summed E-state index contributed by atoms with van der Waals surface area (Å²) in [6.07, 6.45) is 0. The first-order chi connectivity index (χ1) is 10.4. The van der Waals surface area contributed by atoms with E-state index in [4.69, 9.17) is 5.11 Å². The summed E-state index contributed by atoms with van der Waals surface area (Å²) in [6.45, 7) is 1.68. The second kappa shape index (κ2) is 6.04. The van der Waals surface area contributed by atoms with Crippen molar-refractivity contribution in [1.82, 2.24) is 0 Å². The van der Waals surface area contributed by atoms with Gasteiger partial charge in [-0.2, -0.15) is 0 Å². The van der Waals surface area contributed by atoms with Gasteiger partial charge in [0.25, 0.3) is 11.6 Å². The van der Waals surface area contributed by atoms with Gasteiger partial charge in [-0.15, -0.1) is 0 Å². The molecule has 2 aromatic carbocycles. The molecule has 2 N–H and O–H groups in total. The summed E-state index contributed by atoms with van der Waals surface area (Å²) in [5.74, 6) is -1.86. The van der Waals surface area contributed by atoms with E-state index in [-0.39, 0.29) is 22.5 Å². The molecule has 0 aliphatic heterocycles. The average molecular weight is 300 g/mol. The van der Waals surface area contributed by atoms with Gasteiger partial charge in [-0.05, 0) is 24.6 Å². The molecule has 0 atom stereocenters. The topological polar surface area (TPSA) is 110 Å². The number of carbonyl (C=O) groups is 2. The molecular formula is C15H12N2O5. The molecule has 2 rings (SSSR count). The maximum atomic E-state index is 12.2. The number of hydrogen-bond acceptors (Lipinski definition) is 4. The number of benzene rings is 2. The van der Waals surface area contributed by atoms with Gasteiger partial charge in [0.15, 0.2) is 0 Å². The van der Waals surface area contributed by atoms with Crippen molar-refractivity contribution in [1.29, 1.82) is 0 Å². The van der Waals surface area contributed by atoms with E-state index in [1.54, 1.807) is 13.0 Å². The number of carboxylic acids is 1. The van der Waals surface area contributed by atoms with Crippen LogP contribution < -0.4 is 5.32 Å². The van der Waals surface area contributed by atoms with Gasteiger partial charge in [0.2, 0.25) is 0 Å². The van der Waals surface area contributed by atoms with Crippen LogP contribution in [0.1, 0.15) is 26.3 Å². The van der Waals surface area contributed by atoms with E-state index in [0.29, 0.717) is 5.56 Å². The molecule has 7 heteroatoms. The third-order valence-electron chi connectivity index (χ3n) is 3.08. The van der Waals surface area contributed by atoms with Crippen LogP contribution in [0.15, 0.2) is 42.5 Å². The first kappa shape index (κ1) is 15.2. The Morgan fingerprint density at radius 3 is 2.36 bits per heavy atom. The number of aromatic carboxylic acids is 1. The van der Waals surface area contributed by atoms with Crippen molar-refractivity contribution in [2.45, 2.75) is 6.92 Å². The first-order valence-corrected chi connectivity index (χ1v) is 6.29. The number of aryl methyl sites for hydroxylation is 1. The van der Waals surface area contributed by atoms with Crippen molar-refractivity contribution in [2.75, 3.05) is 5.32 Å². The third kappa shape index (κ3) is 3.09. The monoisotopic (exact) mass is 300 g/mol. The molecule has 0 aliphatic carbocycles.